The Morgan fingerprint density at radius 3 is 2.38 bits per heavy atom. The minimum absolute atomic E-state index is 0.0347. The molecule has 1 unspecified atom stereocenters. The molecular weight excluding hydrogens is 166 g/mol. The number of alkyl halides is 1. The predicted molar refractivity (Wildman–Crippen MR) is 37.8 cm³/mol. The maximum Gasteiger partial charge on any atom is 0.104 e. The molecule has 0 aromatic rings. The SMILES string of the molecule is CC[C@H](C)C(Br)C#N. The maximum absolute atomic E-state index is 8.34. The van der Waals surface area contributed by atoms with Gasteiger partial charge in [0.2, 0.25) is 0 Å². The Bertz CT molecular complexity index is 95.2. The lowest BCUT2D eigenvalue weighted by Gasteiger charge is -2.06. The number of halogens is 1. The predicted octanol–water partition coefficient (Wildman–Crippen LogP) is 2.32. The fourth-order valence-corrected chi connectivity index (χ4v) is 0.708. The van der Waals surface area contributed by atoms with Crippen molar-refractivity contribution in [1.29, 1.82) is 5.26 Å². The highest BCUT2D eigenvalue weighted by molar-refractivity contribution is 9.09. The van der Waals surface area contributed by atoms with Gasteiger partial charge < -0.3 is 0 Å². The summed E-state index contributed by atoms with van der Waals surface area (Å²) in [6.45, 7) is 4.14. The summed E-state index contributed by atoms with van der Waals surface area (Å²) >= 11 is 3.24. The van der Waals surface area contributed by atoms with Crippen LogP contribution in [0.4, 0.5) is 0 Å². The third kappa shape index (κ3) is 2.32. The zero-order valence-electron chi connectivity index (χ0n) is 5.19. The van der Waals surface area contributed by atoms with Gasteiger partial charge in [-0.05, 0) is 5.92 Å². The summed E-state index contributed by atoms with van der Waals surface area (Å²) in [5.41, 5.74) is 0. The summed E-state index contributed by atoms with van der Waals surface area (Å²) in [4.78, 5) is 0.0347. The van der Waals surface area contributed by atoms with E-state index in [1.165, 1.54) is 0 Å². The molecule has 2 heteroatoms. The largest absolute Gasteiger partial charge is 0.197 e. The Balaban J connectivity index is 3.49. The molecule has 1 nitrogen and oxygen atoms in total. The molecule has 0 rings (SSSR count). The van der Waals surface area contributed by atoms with Crippen LogP contribution in [0.1, 0.15) is 20.3 Å². The Labute approximate surface area is 58.8 Å². The molecule has 46 valence electrons. The van der Waals surface area contributed by atoms with Crippen LogP contribution in [0.5, 0.6) is 0 Å². The standard InChI is InChI=1S/C6H10BrN/c1-3-5(2)6(7)4-8/h5-6H,3H2,1-2H3/t5-,6?/m0/s1. The Kier molecular flexibility index (Phi) is 3.90. The molecule has 0 aliphatic heterocycles. The zero-order valence-corrected chi connectivity index (χ0v) is 6.77. The summed E-state index contributed by atoms with van der Waals surface area (Å²) < 4.78 is 0. The van der Waals surface area contributed by atoms with Gasteiger partial charge in [0.05, 0.1) is 6.07 Å². The van der Waals surface area contributed by atoms with Gasteiger partial charge in [-0.15, -0.1) is 0 Å². The number of hydrogen-bond donors (Lipinski definition) is 0. The Morgan fingerprint density at radius 2 is 2.25 bits per heavy atom. The lowest BCUT2D eigenvalue weighted by Crippen LogP contribution is -2.05. The van der Waals surface area contributed by atoms with Crippen LogP contribution < -0.4 is 0 Å². The van der Waals surface area contributed by atoms with Crippen molar-refractivity contribution in [2.24, 2.45) is 5.92 Å². The number of nitriles is 1. The van der Waals surface area contributed by atoms with E-state index in [2.05, 4.69) is 35.8 Å². The van der Waals surface area contributed by atoms with Crippen molar-refractivity contribution in [3.05, 3.63) is 0 Å². The van der Waals surface area contributed by atoms with Crippen LogP contribution >= 0.6 is 15.9 Å². The first-order chi connectivity index (χ1) is 3.72. The fraction of sp³-hybridized carbons (Fsp3) is 0.833. The fourth-order valence-electron chi connectivity index (χ4n) is 0.334. The second-order valence-corrected chi connectivity index (χ2v) is 2.90. The van der Waals surface area contributed by atoms with Crippen molar-refractivity contribution in [3.8, 4) is 6.07 Å². The molecule has 0 amide bonds. The molecule has 8 heavy (non-hydrogen) atoms. The molecule has 0 fully saturated rings. The van der Waals surface area contributed by atoms with Crippen LogP contribution in [0.15, 0.2) is 0 Å². The maximum atomic E-state index is 8.34. The van der Waals surface area contributed by atoms with E-state index in [4.69, 9.17) is 5.26 Å². The summed E-state index contributed by atoms with van der Waals surface area (Å²) in [5.74, 6) is 0.472. The monoisotopic (exact) mass is 175 g/mol. The van der Waals surface area contributed by atoms with Crippen LogP contribution in [0, 0.1) is 17.2 Å². The molecule has 0 saturated carbocycles. The molecule has 0 radical (unpaired) electrons. The van der Waals surface area contributed by atoms with Crippen LogP contribution in [-0.4, -0.2) is 4.83 Å². The van der Waals surface area contributed by atoms with Gasteiger partial charge in [-0.1, -0.05) is 36.2 Å². The first-order valence-corrected chi connectivity index (χ1v) is 3.67. The van der Waals surface area contributed by atoms with E-state index in [0.717, 1.165) is 6.42 Å². The van der Waals surface area contributed by atoms with Gasteiger partial charge in [-0.25, -0.2) is 0 Å². The molecule has 2 atom stereocenters. The van der Waals surface area contributed by atoms with Crippen molar-refractivity contribution >= 4 is 15.9 Å². The molecule has 0 spiro atoms. The molecular formula is C6H10BrN. The minimum atomic E-state index is 0.0347. The van der Waals surface area contributed by atoms with Gasteiger partial charge >= 0.3 is 0 Å². The molecule has 0 aliphatic rings. The number of hydrogen-bond acceptors (Lipinski definition) is 1. The summed E-state index contributed by atoms with van der Waals surface area (Å²) in [5, 5.41) is 8.34. The van der Waals surface area contributed by atoms with Crippen LogP contribution in [0.3, 0.4) is 0 Å². The van der Waals surface area contributed by atoms with E-state index >= 15 is 0 Å². The average Bonchev–Trinajstić information content (AvgIpc) is 1.84. The third-order valence-corrected chi connectivity index (χ3v) is 2.37. The van der Waals surface area contributed by atoms with Gasteiger partial charge in [0.25, 0.3) is 0 Å². The normalized spacial score (nSPS) is 16.8. The average molecular weight is 176 g/mol. The van der Waals surface area contributed by atoms with E-state index in [-0.39, 0.29) is 4.83 Å². The van der Waals surface area contributed by atoms with Crippen molar-refractivity contribution in [1.82, 2.24) is 0 Å². The highest BCUT2D eigenvalue weighted by Crippen LogP contribution is 2.13. The summed E-state index contributed by atoms with van der Waals surface area (Å²) in [6.07, 6.45) is 1.06. The van der Waals surface area contributed by atoms with Crippen molar-refractivity contribution < 1.29 is 0 Å². The molecule has 0 aromatic carbocycles. The molecule has 0 bridgehead atoms. The molecule has 0 saturated heterocycles. The van der Waals surface area contributed by atoms with Crippen molar-refractivity contribution in [3.63, 3.8) is 0 Å². The number of rotatable bonds is 2. The smallest absolute Gasteiger partial charge is 0.104 e. The van der Waals surface area contributed by atoms with Crippen LogP contribution in [0.25, 0.3) is 0 Å². The molecule has 0 aliphatic carbocycles. The third-order valence-electron chi connectivity index (χ3n) is 1.27. The lowest BCUT2D eigenvalue weighted by atomic mass is 10.1. The van der Waals surface area contributed by atoms with E-state index in [1.807, 2.05) is 0 Å². The summed E-state index contributed by atoms with van der Waals surface area (Å²) in [7, 11) is 0. The Hall–Kier alpha value is -0.0300. The van der Waals surface area contributed by atoms with E-state index in [9.17, 15) is 0 Å². The molecule has 0 N–H and O–H groups in total. The summed E-state index contributed by atoms with van der Waals surface area (Å²) in [6, 6.07) is 2.13. The second-order valence-electron chi connectivity index (χ2n) is 1.92. The van der Waals surface area contributed by atoms with E-state index in [1.54, 1.807) is 0 Å². The van der Waals surface area contributed by atoms with E-state index in [0.29, 0.717) is 5.92 Å². The van der Waals surface area contributed by atoms with Gasteiger partial charge in [-0.2, -0.15) is 5.26 Å². The van der Waals surface area contributed by atoms with Crippen LogP contribution in [-0.2, 0) is 0 Å². The van der Waals surface area contributed by atoms with Gasteiger partial charge in [0.1, 0.15) is 4.83 Å². The quantitative estimate of drug-likeness (QED) is 0.592. The van der Waals surface area contributed by atoms with Crippen molar-refractivity contribution in [2.75, 3.05) is 0 Å². The van der Waals surface area contributed by atoms with Gasteiger partial charge in [0.15, 0.2) is 0 Å². The highest BCUT2D eigenvalue weighted by Gasteiger charge is 2.08. The zero-order chi connectivity index (χ0) is 6.57. The lowest BCUT2D eigenvalue weighted by molar-refractivity contribution is 0.595. The highest BCUT2D eigenvalue weighted by atomic mass is 79.9. The van der Waals surface area contributed by atoms with Crippen molar-refractivity contribution in [2.45, 2.75) is 25.1 Å². The second kappa shape index (κ2) is 3.91. The first kappa shape index (κ1) is 7.97. The topological polar surface area (TPSA) is 23.8 Å². The van der Waals surface area contributed by atoms with Gasteiger partial charge in [-0.3, -0.25) is 0 Å². The molecule has 0 heterocycles. The number of nitrogens with zero attached hydrogens (tertiary/aromatic N) is 1. The van der Waals surface area contributed by atoms with E-state index < -0.39 is 0 Å². The minimum Gasteiger partial charge on any atom is -0.197 e. The Morgan fingerprint density at radius 1 is 1.75 bits per heavy atom. The first-order valence-electron chi connectivity index (χ1n) is 2.76. The van der Waals surface area contributed by atoms with Crippen LogP contribution in [0.2, 0.25) is 0 Å². The molecule has 0 aromatic heterocycles. The van der Waals surface area contributed by atoms with Gasteiger partial charge in [0, 0.05) is 0 Å².